The molecule has 4 atom stereocenters. The maximum Gasteiger partial charge on any atom is 0.307 e. The van der Waals surface area contributed by atoms with Crippen LogP contribution in [0.5, 0.6) is 0 Å². The molecule has 4 nitrogen and oxygen atoms in total. The number of carboxylic acids is 1. The summed E-state index contributed by atoms with van der Waals surface area (Å²) in [5, 5.41) is 12.6. The fourth-order valence-corrected chi connectivity index (χ4v) is 4.80. The van der Waals surface area contributed by atoms with Gasteiger partial charge in [-0.2, -0.15) is 0 Å². The molecule has 0 spiro atoms. The van der Waals surface area contributed by atoms with Crippen LogP contribution in [0.25, 0.3) is 0 Å². The second kappa shape index (κ2) is 6.36. The first kappa shape index (κ1) is 17.2. The maximum atomic E-state index is 12.9. The Hall–Kier alpha value is -1.62. The number of carboxylic acid groups (broad SMARTS) is 1. The van der Waals surface area contributed by atoms with Crippen LogP contribution in [-0.2, 0) is 9.59 Å². The van der Waals surface area contributed by atoms with Gasteiger partial charge < -0.3 is 10.4 Å². The zero-order valence-electron chi connectivity index (χ0n) is 14.1. The first-order valence-electron chi connectivity index (χ1n) is 8.28. The Morgan fingerprint density at radius 2 is 1.79 bits per heavy atom. The smallest absolute Gasteiger partial charge is 0.307 e. The highest BCUT2D eigenvalue weighted by Gasteiger charge is 2.57. The number of carbonyl (C=O) groups excluding carboxylic acids is 1. The normalized spacial score (nSPS) is 28.1. The van der Waals surface area contributed by atoms with Crippen molar-refractivity contribution in [3.63, 3.8) is 0 Å². The Morgan fingerprint density at radius 1 is 1.17 bits per heavy atom. The van der Waals surface area contributed by atoms with Crippen LogP contribution in [0.2, 0.25) is 0 Å². The average molecular weight is 392 g/mol. The molecule has 2 fully saturated rings. The van der Waals surface area contributed by atoms with Crippen LogP contribution in [0.1, 0.15) is 32.3 Å². The molecule has 0 saturated heterocycles. The quantitative estimate of drug-likeness (QED) is 0.750. The summed E-state index contributed by atoms with van der Waals surface area (Å²) in [6.45, 7) is 6.01. The lowest BCUT2D eigenvalue weighted by molar-refractivity contribution is -0.148. The first-order chi connectivity index (χ1) is 11.3. The molecule has 1 aromatic carbocycles. The van der Waals surface area contributed by atoms with Crippen LogP contribution in [-0.4, -0.2) is 17.0 Å². The SMILES string of the molecule is CC(C)=C1[C@H]2CC[C@H]1[C@@H](C(=O)Nc1ccc(Br)c(C)c1)[C@@H]2C(=O)O. The number of allylic oxidation sites excluding steroid dienone is 2. The van der Waals surface area contributed by atoms with E-state index in [1.54, 1.807) is 0 Å². The number of hydrogen-bond acceptors (Lipinski definition) is 2. The fourth-order valence-electron chi connectivity index (χ4n) is 4.55. The second-order valence-electron chi connectivity index (χ2n) is 7.09. The highest BCUT2D eigenvalue weighted by atomic mass is 79.9. The molecule has 0 aliphatic heterocycles. The van der Waals surface area contributed by atoms with Gasteiger partial charge in [0, 0.05) is 10.2 Å². The molecule has 5 heteroatoms. The van der Waals surface area contributed by atoms with Crippen molar-refractivity contribution in [1.82, 2.24) is 0 Å². The third-order valence-corrected chi connectivity index (χ3v) is 6.32. The summed E-state index contributed by atoms with van der Waals surface area (Å²) in [6.07, 6.45) is 1.79. The maximum absolute atomic E-state index is 12.9. The number of hydrogen-bond donors (Lipinski definition) is 2. The third-order valence-electron chi connectivity index (χ3n) is 5.43. The van der Waals surface area contributed by atoms with E-state index in [9.17, 15) is 14.7 Å². The van der Waals surface area contributed by atoms with Crippen LogP contribution in [0, 0.1) is 30.6 Å². The number of carbonyl (C=O) groups is 2. The number of amides is 1. The van der Waals surface area contributed by atoms with Crippen molar-refractivity contribution >= 4 is 33.5 Å². The number of halogens is 1. The monoisotopic (exact) mass is 391 g/mol. The lowest BCUT2D eigenvalue weighted by atomic mass is 9.78. The standard InChI is InChI=1S/C19H22BrNO3/c1-9(2)15-12-5-6-13(15)17(19(23)24)16(12)18(22)21-11-4-7-14(20)10(3)8-11/h4,7-8,12-13,16-17H,5-6H2,1-3H3,(H,21,22)(H,23,24)/t12-,13-,16-,17-/m1/s1. The summed E-state index contributed by atoms with van der Waals surface area (Å²) in [4.78, 5) is 24.7. The number of nitrogens with one attached hydrogen (secondary N) is 1. The molecule has 1 aromatic rings. The average Bonchev–Trinajstić information content (AvgIpc) is 3.06. The van der Waals surface area contributed by atoms with Gasteiger partial charge in [0.25, 0.3) is 0 Å². The van der Waals surface area contributed by atoms with Crippen LogP contribution in [0.15, 0.2) is 33.8 Å². The molecular formula is C19H22BrNO3. The molecule has 2 bridgehead atoms. The van der Waals surface area contributed by atoms with Gasteiger partial charge in [-0.1, -0.05) is 27.1 Å². The minimum Gasteiger partial charge on any atom is -0.481 e. The summed E-state index contributed by atoms with van der Waals surface area (Å²) < 4.78 is 0.982. The van der Waals surface area contributed by atoms with Crippen LogP contribution < -0.4 is 5.32 Å². The van der Waals surface area contributed by atoms with Crippen LogP contribution in [0.3, 0.4) is 0 Å². The highest BCUT2D eigenvalue weighted by Crippen LogP contribution is 2.57. The molecule has 128 valence electrons. The van der Waals surface area contributed by atoms with Gasteiger partial charge >= 0.3 is 5.97 Å². The molecule has 0 heterocycles. The number of rotatable bonds is 3. The zero-order chi connectivity index (χ0) is 17.6. The Morgan fingerprint density at radius 3 is 2.33 bits per heavy atom. The van der Waals surface area contributed by atoms with E-state index in [1.807, 2.05) is 39.0 Å². The van der Waals surface area contributed by atoms with Gasteiger partial charge in [0.1, 0.15) is 0 Å². The first-order valence-corrected chi connectivity index (χ1v) is 9.07. The van der Waals surface area contributed by atoms with Gasteiger partial charge in [-0.3, -0.25) is 9.59 Å². The van der Waals surface area contributed by atoms with E-state index in [2.05, 4.69) is 21.2 Å². The molecule has 2 aliphatic carbocycles. The summed E-state index contributed by atoms with van der Waals surface area (Å²) in [6, 6.07) is 5.62. The van der Waals surface area contributed by atoms with Gasteiger partial charge in [-0.15, -0.1) is 0 Å². The summed E-state index contributed by atoms with van der Waals surface area (Å²) in [7, 11) is 0. The number of anilines is 1. The van der Waals surface area contributed by atoms with Gasteiger partial charge in [0.15, 0.2) is 0 Å². The number of aliphatic carboxylic acids is 1. The lowest BCUT2D eigenvalue weighted by Gasteiger charge is -2.26. The highest BCUT2D eigenvalue weighted by molar-refractivity contribution is 9.10. The minimum absolute atomic E-state index is 0.0138. The Balaban J connectivity index is 1.89. The van der Waals surface area contributed by atoms with E-state index >= 15 is 0 Å². The molecule has 0 unspecified atom stereocenters. The Labute approximate surface area is 150 Å². The summed E-state index contributed by atoms with van der Waals surface area (Å²) in [5.41, 5.74) is 4.12. The molecule has 24 heavy (non-hydrogen) atoms. The predicted octanol–water partition coefficient (Wildman–Crippen LogP) is 4.39. The fraction of sp³-hybridized carbons (Fsp3) is 0.474. The van der Waals surface area contributed by atoms with E-state index in [0.29, 0.717) is 5.69 Å². The van der Waals surface area contributed by atoms with Gasteiger partial charge in [0.2, 0.25) is 5.91 Å². The van der Waals surface area contributed by atoms with Crippen molar-refractivity contribution in [1.29, 1.82) is 0 Å². The van der Waals surface area contributed by atoms with E-state index in [4.69, 9.17) is 0 Å². The van der Waals surface area contributed by atoms with Crippen molar-refractivity contribution < 1.29 is 14.7 Å². The topological polar surface area (TPSA) is 66.4 Å². The van der Waals surface area contributed by atoms with E-state index in [1.165, 1.54) is 11.1 Å². The van der Waals surface area contributed by atoms with Crippen molar-refractivity contribution in [2.75, 3.05) is 5.32 Å². The molecule has 2 saturated carbocycles. The van der Waals surface area contributed by atoms with E-state index in [-0.39, 0.29) is 17.7 Å². The van der Waals surface area contributed by atoms with Crippen molar-refractivity contribution in [2.24, 2.45) is 23.7 Å². The lowest BCUT2D eigenvalue weighted by Crippen LogP contribution is -2.37. The Kier molecular flexibility index (Phi) is 4.56. The molecule has 1 amide bonds. The number of aryl methyl sites for hydroxylation is 1. The molecule has 0 aromatic heterocycles. The van der Waals surface area contributed by atoms with Crippen LogP contribution in [0.4, 0.5) is 5.69 Å². The van der Waals surface area contributed by atoms with Gasteiger partial charge in [-0.25, -0.2) is 0 Å². The summed E-state index contributed by atoms with van der Waals surface area (Å²) in [5.74, 6) is -2.03. The van der Waals surface area contributed by atoms with E-state index in [0.717, 1.165) is 22.9 Å². The predicted molar refractivity (Wildman–Crippen MR) is 96.7 cm³/mol. The van der Waals surface area contributed by atoms with Gasteiger partial charge in [-0.05, 0) is 69.2 Å². The largest absolute Gasteiger partial charge is 0.481 e. The third kappa shape index (κ3) is 2.79. The molecular weight excluding hydrogens is 370 g/mol. The van der Waals surface area contributed by atoms with Gasteiger partial charge in [0.05, 0.1) is 11.8 Å². The second-order valence-corrected chi connectivity index (χ2v) is 7.94. The molecule has 2 aliphatic rings. The van der Waals surface area contributed by atoms with Crippen LogP contribution >= 0.6 is 15.9 Å². The number of benzene rings is 1. The molecule has 3 rings (SSSR count). The summed E-state index contributed by atoms with van der Waals surface area (Å²) >= 11 is 3.44. The number of fused-ring (bicyclic) bond motifs is 2. The van der Waals surface area contributed by atoms with E-state index < -0.39 is 17.8 Å². The minimum atomic E-state index is -0.854. The zero-order valence-corrected chi connectivity index (χ0v) is 15.7. The molecule has 0 radical (unpaired) electrons. The Bertz CT molecular complexity index is 736. The van der Waals surface area contributed by atoms with Crippen molar-refractivity contribution in [3.8, 4) is 0 Å². The van der Waals surface area contributed by atoms with Crippen molar-refractivity contribution in [2.45, 2.75) is 33.6 Å². The molecule has 2 N–H and O–H groups in total. The van der Waals surface area contributed by atoms with Crippen molar-refractivity contribution in [3.05, 3.63) is 39.4 Å².